The molecular formula is C82H64O45. The van der Waals surface area contributed by atoms with Gasteiger partial charge in [-0.05, 0) is 121 Å². The van der Waals surface area contributed by atoms with Crippen molar-refractivity contribution in [2.75, 3.05) is 42.2 Å². The molecule has 0 unspecified atom stereocenters. The summed E-state index contributed by atoms with van der Waals surface area (Å²) in [7, 11) is 5.09. The molecule has 0 aromatic heterocycles. The number of benzene rings is 10. The zero-order valence-corrected chi connectivity index (χ0v) is 65.0. The van der Waals surface area contributed by atoms with E-state index in [2.05, 4.69) is 0 Å². The fourth-order valence-electron chi connectivity index (χ4n) is 12.0. The molecule has 1 aliphatic rings. The summed E-state index contributed by atoms with van der Waals surface area (Å²) in [5.74, 6) is -46.4. The van der Waals surface area contributed by atoms with Gasteiger partial charge in [0.15, 0.2) is 133 Å². The average molecular weight is 1770 g/mol. The van der Waals surface area contributed by atoms with Gasteiger partial charge in [0.2, 0.25) is 64.1 Å². The maximum atomic E-state index is 15.4. The summed E-state index contributed by atoms with van der Waals surface area (Å²) in [4.78, 5) is 145. The molecule has 0 bridgehead atoms. The van der Waals surface area contributed by atoms with Crippen LogP contribution in [0.25, 0.3) is 0 Å². The number of esters is 9. The van der Waals surface area contributed by atoms with Gasteiger partial charge in [0.05, 0.1) is 85.6 Å². The van der Waals surface area contributed by atoms with E-state index in [-0.39, 0.29) is 0 Å². The highest BCUT2D eigenvalue weighted by Crippen LogP contribution is 2.48. The second-order valence-electron chi connectivity index (χ2n) is 26.4. The molecule has 10 aromatic rings. The minimum Gasteiger partial charge on any atom is -0.504 e. The third kappa shape index (κ3) is 19.0. The second kappa shape index (κ2) is 36.6. The van der Waals surface area contributed by atoms with Crippen LogP contribution in [-0.2, 0) is 34.8 Å². The highest BCUT2D eigenvalue weighted by atomic mass is 16.8. The fourth-order valence-corrected chi connectivity index (χ4v) is 12.0. The predicted octanol–water partition coefficient (Wildman–Crippen LogP) is 6.56. The first-order valence-electron chi connectivity index (χ1n) is 35.4. The summed E-state index contributed by atoms with van der Waals surface area (Å²) >= 11 is 0. The lowest BCUT2D eigenvalue weighted by atomic mass is 9.97. The number of hydrogen-bond donors (Lipinski definition) is 20. The molecule has 0 saturated carbocycles. The van der Waals surface area contributed by atoms with Crippen molar-refractivity contribution in [3.05, 3.63) is 183 Å². The Bertz CT molecular complexity index is 6140. The number of aromatic hydroxyl groups is 20. The molecule has 45 nitrogen and oxygen atoms in total. The lowest BCUT2D eigenvalue weighted by Gasteiger charge is -2.44. The normalized spacial score (nSPS) is 14.4. The zero-order valence-electron chi connectivity index (χ0n) is 65.0. The Morgan fingerprint density at radius 2 is 0.496 bits per heavy atom. The van der Waals surface area contributed by atoms with Gasteiger partial charge in [0.25, 0.3) is 0 Å². The largest absolute Gasteiger partial charge is 0.504 e. The second-order valence-corrected chi connectivity index (χ2v) is 26.4. The number of Topliss-reactive ketones (excluding diaryl/α,β-unsaturated/α-hetero) is 1. The number of ether oxygens (including phenoxy) is 15. The number of phenols is 20. The molecule has 662 valence electrons. The maximum Gasteiger partial charge on any atom is 0.343 e. The Balaban J connectivity index is 1.09. The fraction of sp³-hybridized carbons (Fsp3) is 0.146. The number of methoxy groups -OCH3 is 5. The van der Waals surface area contributed by atoms with E-state index in [1.165, 1.54) is 0 Å². The molecule has 0 radical (unpaired) electrons. The topological polar surface area (TPSA) is 714 Å². The Labute approximate surface area is 706 Å². The van der Waals surface area contributed by atoms with Crippen LogP contribution >= 0.6 is 0 Å². The van der Waals surface area contributed by atoms with Crippen LogP contribution in [0.15, 0.2) is 121 Å². The summed E-state index contributed by atoms with van der Waals surface area (Å²) in [5.41, 5.74) is -9.18. The van der Waals surface area contributed by atoms with E-state index in [0.717, 1.165) is 59.8 Å². The third-order valence-electron chi connectivity index (χ3n) is 18.2. The van der Waals surface area contributed by atoms with Gasteiger partial charge in [-0.15, -0.1) is 0 Å². The van der Waals surface area contributed by atoms with Crippen molar-refractivity contribution in [1.82, 2.24) is 0 Å². The molecule has 0 aliphatic carbocycles. The minimum absolute atomic E-state index is 0.360. The zero-order chi connectivity index (χ0) is 92.9. The monoisotopic (exact) mass is 1770 g/mol. The highest BCUT2D eigenvalue weighted by molar-refractivity contribution is 6.02. The molecule has 20 N–H and O–H groups in total. The summed E-state index contributed by atoms with van der Waals surface area (Å²) in [6, 6.07) is 11.8. The number of rotatable bonds is 27. The van der Waals surface area contributed by atoms with Gasteiger partial charge in [-0.3, -0.25) is 4.79 Å². The lowest BCUT2D eigenvalue weighted by Crippen LogP contribution is -2.63. The number of ketones is 1. The molecule has 1 aliphatic heterocycles. The van der Waals surface area contributed by atoms with Gasteiger partial charge >= 0.3 is 53.7 Å². The maximum absolute atomic E-state index is 15.4. The Kier molecular flexibility index (Phi) is 25.9. The van der Waals surface area contributed by atoms with Crippen LogP contribution in [0.2, 0.25) is 0 Å². The van der Waals surface area contributed by atoms with E-state index in [1.54, 1.807) is 0 Å². The molecule has 0 amide bonds. The summed E-state index contributed by atoms with van der Waals surface area (Å²) in [6.45, 7) is -1.63. The quantitative estimate of drug-likeness (QED) is 0.00852. The molecule has 0 spiro atoms. The van der Waals surface area contributed by atoms with Crippen molar-refractivity contribution in [1.29, 1.82) is 0 Å². The summed E-state index contributed by atoms with van der Waals surface area (Å²) < 4.78 is 81.2. The molecule has 1 saturated heterocycles. The van der Waals surface area contributed by atoms with Crippen molar-refractivity contribution >= 4 is 59.5 Å². The van der Waals surface area contributed by atoms with E-state index in [0.29, 0.717) is 97.1 Å². The average Bonchev–Trinajstić information content (AvgIpc) is 0.764. The van der Waals surface area contributed by atoms with Crippen LogP contribution in [0.1, 0.15) is 109 Å². The van der Waals surface area contributed by atoms with Gasteiger partial charge in [-0.25, -0.2) is 43.2 Å². The number of phenolic OH excluding ortho intramolecular Hbond substituents is 20. The molecule has 5 atom stereocenters. The van der Waals surface area contributed by atoms with E-state index < -0.39 is 331 Å². The van der Waals surface area contributed by atoms with E-state index >= 15 is 19.2 Å². The Morgan fingerprint density at radius 1 is 0.252 bits per heavy atom. The molecule has 45 heteroatoms. The first kappa shape index (κ1) is 89.8. The van der Waals surface area contributed by atoms with Gasteiger partial charge in [0.1, 0.15) is 12.7 Å². The molecule has 1 heterocycles. The van der Waals surface area contributed by atoms with Crippen LogP contribution in [0.5, 0.6) is 167 Å². The number of carbonyl (C=O) groups excluding carboxylic acids is 10. The lowest BCUT2D eigenvalue weighted by molar-refractivity contribution is -0.282. The molecule has 10 aromatic carbocycles. The van der Waals surface area contributed by atoms with Crippen LogP contribution in [-0.4, -0.2) is 234 Å². The van der Waals surface area contributed by atoms with Crippen molar-refractivity contribution in [3.8, 4) is 167 Å². The molecule has 11 rings (SSSR count). The van der Waals surface area contributed by atoms with Crippen LogP contribution < -0.4 is 42.6 Å². The van der Waals surface area contributed by atoms with Gasteiger partial charge < -0.3 is 173 Å². The van der Waals surface area contributed by atoms with E-state index in [4.69, 9.17) is 71.1 Å². The molecule has 1 fully saturated rings. The predicted molar refractivity (Wildman–Crippen MR) is 410 cm³/mol. The standard InChI is InChI=1S/C82H64O45/c1-113-52-20-28(7-41(85)61(52)97)39(83)8-29-6-30(9-40(84)60(29)96)78(109)124-70-59(27-118-73(104)33-10-44(88)64(100)55(23-33)121-76(107)34-11-42(86)62(98)53(21-34)114-2)123-82(127-81(112)38-15-47(91)67(103)58(26-38)122-77(108)35-12-43(87)63(99)54(22-35)115-3)72(126-80(111)37-14-46(90)66(102)57(25-37)120-75(106)32-18-50(94)69(117-5)51(95)19-32)71(70)125-79(110)36-13-45(89)65(101)56(24-36)119-74(105)31-16-48(92)68(116-4)49(93)17-31/h6-7,9-26,59,70-72,82,84-103H,8,27H2,1-5H3/t59-,70-,71+,72-,82+/m1/s1. The van der Waals surface area contributed by atoms with Crippen molar-refractivity contribution in [2.24, 2.45) is 0 Å². The Hall–Kier alpha value is -17.9. The summed E-state index contributed by atoms with van der Waals surface area (Å²) in [5, 5.41) is 216. The van der Waals surface area contributed by atoms with Crippen LogP contribution in [0, 0.1) is 0 Å². The van der Waals surface area contributed by atoms with E-state index in [9.17, 15) is 131 Å². The van der Waals surface area contributed by atoms with Gasteiger partial charge in [-0.2, -0.15) is 0 Å². The van der Waals surface area contributed by atoms with Crippen molar-refractivity contribution < 1.29 is 221 Å². The van der Waals surface area contributed by atoms with Crippen LogP contribution in [0.3, 0.4) is 0 Å². The van der Waals surface area contributed by atoms with Gasteiger partial charge in [-0.1, -0.05) is 0 Å². The van der Waals surface area contributed by atoms with Crippen molar-refractivity contribution in [2.45, 2.75) is 37.1 Å². The molecule has 127 heavy (non-hydrogen) atoms. The minimum atomic E-state index is -3.04. The SMILES string of the molecule is COc1cc(C(=O)Cc2cc(C(=O)O[C@H]3[C@H](OC(=O)c4cc(O)c(O)c(OC(=O)c5cc(O)c(OC)c(O)c5)c4)[C@@H](OC(=O)c4cc(O)c(O)c(OC(=O)c5cc(O)c(OC)c(O)c5)c4)[C@H](OC(=O)c4cc(O)c(O)c(OC(=O)c5cc(O)c(O)c(OC)c5)c4)O[C@@H]3COC(=O)c3cc(O)c(O)c(OC(=O)c4cc(O)c(O)c(OC)c4)c3)cc(O)c2O)cc(O)c1O. The smallest absolute Gasteiger partial charge is 0.343 e. The summed E-state index contributed by atoms with van der Waals surface area (Å²) in [6.07, 6.45) is -15.7. The van der Waals surface area contributed by atoms with Gasteiger partial charge in [0, 0.05) is 17.5 Å². The highest BCUT2D eigenvalue weighted by Gasteiger charge is 2.55. The Morgan fingerprint density at radius 3 is 0.827 bits per heavy atom. The molecular weight excluding hydrogens is 1700 g/mol. The van der Waals surface area contributed by atoms with E-state index in [1.807, 2.05) is 0 Å². The van der Waals surface area contributed by atoms with Crippen LogP contribution in [0.4, 0.5) is 0 Å². The first-order chi connectivity index (χ1) is 60.0. The third-order valence-corrected chi connectivity index (χ3v) is 18.2. The number of hydrogen-bond acceptors (Lipinski definition) is 45. The number of carbonyl (C=O) groups is 10. The van der Waals surface area contributed by atoms with Crippen molar-refractivity contribution in [3.63, 3.8) is 0 Å². The first-order valence-corrected chi connectivity index (χ1v) is 35.4.